The van der Waals surface area contributed by atoms with Crippen LogP contribution in [-0.2, 0) is 14.3 Å². The molecule has 0 aromatic heterocycles. The molecule has 1 spiro atoms. The summed E-state index contributed by atoms with van der Waals surface area (Å²) in [6, 6.07) is 0. The van der Waals surface area contributed by atoms with Gasteiger partial charge in [-0.3, -0.25) is 9.59 Å². The molecule has 3 N–H and O–H groups in total. The van der Waals surface area contributed by atoms with Crippen LogP contribution in [0.3, 0.4) is 0 Å². The summed E-state index contributed by atoms with van der Waals surface area (Å²) >= 11 is 0. The lowest BCUT2D eigenvalue weighted by Gasteiger charge is -2.67. The molecule has 0 radical (unpaired) electrons. The van der Waals surface area contributed by atoms with Crippen molar-refractivity contribution in [2.45, 2.75) is 77.8 Å². The average molecular weight is 392 g/mol. The predicted molar refractivity (Wildman–Crippen MR) is 101 cm³/mol. The second-order valence-electron chi connectivity index (χ2n) is 10.3. The number of ether oxygens (including phenoxy) is 1. The highest BCUT2D eigenvalue weighted by atomic mass is 16.5. The molecule has 0 saturated heterocycles. The number of hydrogen-bond acceptors (Lipinski definition) is 6. The molecule has 4 rings (SSSR count). The zero-order chi connectivity index (χ0) is 20.8. The van der Waals surface area contributed by atoms with Crippen LogP contribution in [0.25, 0.3) is 0 Å². The molecule has 6 nitrogen and oxygen atoms in total. The van der Waals surface area contributed by atoms with E-state index < -0.39 is 40.7 Å². The van der Waals surface area contributed by atoms with E-state index in [1.54, 1.807) is 0 Å². The van der Waals surface area contributed by atoms with Crippen LogP contribution in [0.5, 0.6) is 0 Å². The first-order valence-electron chi connectivity index (χ1n) is 10.4. The van der Waals surface area contributed by atoms with Gasteiger partial charge in [-0.05, 0) is 36.7 Å². The lowest BCUT2D eigenvalue weighted by Crippen LogP contribution is -2.71. The molecule has 6 heteroatoms. The summed E-state index contributed by atoms with van der Waals surface area (Å²) in [5.74, 6) is -1.43. The fourth-order valence-electron chi connectivity index (χ4n) is 7.66. The smallest absolute Gasteiger partial charge is 0.302 e. The minimum Gasteiger partial charge on any atom is -0.462 e. The molecule has 156 valence electrons. The molecule has 0 unspecified atom stereocenters. The maximum atomic E-state index is 13.3. The summed E-state index contributed by atoms with van der Waals surface area (Å²) in [6.45, 7) is 11.3. The third kappa shape index (κ3) is 2.09. The van der Waals surface area contributed by atoms with Gasteiger partial charge in [-0.15, -0.1) is 0 Å². The number of ketones is 1. The molecule has 4 fully saturated rings. The van der Waals surface area contributed by atoms with Gasteiger partial charge in [0.1, 0.15) is 6.10 Å². The Morgan fingerprint density at radius 3 is 2.32 bits per heavy atom. The first-order valence-corrected chi connectivity index (χ1v) is 10.4. The Balaban J connectivity index is 1.84. The Morgan fingerprint density at radius 1 is 1.07 bits per heavy atom. The van der Waals surface area contributed by atoms with Crippen molar-refractivity contribution in [3.8, 4) is 0 Å². The van der Waals surface area contributed by atoms with Gasteiger partial charge in [0.25, 0.3) is 0 Å². The van der Waals surface area contributed by atoms with Gasteiger partial charge in [0.2, 0.25) is 0 Å². The molecule has 0 aromatic carbocycles. The highest BCUT2D eigenvalue weighted by Crippen LogP contribution is 2.71. The molecule has 2 bridgehead atoms. The summed E-state index contributed by atoms with van der Waals surface area (Å²) in [6.07, 6.45) is -1.38. The zero-order valence-corrected chi connectivity index (χ0v) is 17.1. The van der Waals surface area contributed by atoms with Crippen molar-refractivity contribution >= 4 is 11.8 Å². The Morgan fingerprint density at radius 2 is 1.71 bits per heavy atom. The molecule has 0 aliphatic heterocycles. The largest absolute Gasteiger partial charge is 0.462 e. The van der Waals surface area contributed by atoms with Crippen LogP contribution >= 0.6 is 0 Å². The quantitative estimate of drug-likeness (QED) is 0.463. The summed E-state index contributed by atoms with van der Waals surface area (Å²) in [5.41, 5.74) is -2.02. The lowest BCUT2D eigenvalue weighted by molar-refractivity contribution is -0.270. The number of Topliss-reactive ketones (excluding diaryl/α,β-unsaturated/α-hetero) is 1. The fourth-order valence-corrected chi connectivity index (χ4v) is 7.66. The standard InChI is InChI=1S/C22H32O6/c1-10-12-6-7-13-21(5)14(8-16(25)22(13,18(10)26)19(12)27)20(3,4)17(9-15(21)24)28-11(2)23/h12-17,19,24-25,27H,1,6-9H2,2-5H3/t12-,13-,14+,15-,16+,17-,19+,21-,22-/m0/s1. The van der Waals surface area contributed by atoms with Crippen molar-refractivity contribution in [1.82, 2.24) is 0 Å². The van der Waals surface area contributed by atoms with Crippen molar-refractivity contribution in [2.24, 2.45) is 34.0 Å². The lowest BCUT2D eigenvalue weighted by atomic mass is 9.38. The zero-order valence-electron chi connectivity index (χ0n) is 17.1. The van der Waals surface area contributed by atoms with Gasteiger partial charge in [0.05, 0.1) is 23.7 Å². The van der Waals surface area contributed by atoms with Crippen LogP contribution in [0.4, 0.5) is 0 Å². The van der Waals surface area contributed by atoms with Crippen LogP contribution in [0.15, 0.2) is 12.2 Å². The predicted octanol–water partition coefficient (Wildman–Crippen LogP) is 1.61. The maximum absolute atomic E-state index is 13.3. The first kappa shape index (κ1) is 20.0. The SMILES string of the molecule is C=C1C(=O)[C@@]23[C@H](O)C[C@@H]4C(C)(C)[C@@H](OC(C)=O)C[C@H](O)[C@@]4(C)[C@@H]2CC[C@@H]1[C@H]3O. The molecule has 0 aromatic rings. The number of fused-ring (bicyclic) bond motifs is 3. The topological polar surface area (TPSA) is 104 Å². The highest BCUT2D eigenvalue weighted by molar-refractivity contribution is 6.04. The Labute approximate surface area is 166 Å². The van der Waals surface area contributed by atoms with Gasteiger partial charge in [-0.2, -0.15) is 0 Å². The van der Waals surface area contributed by atoms with Crippen LogP contribution in [0, 0.1) is 34.0 Å². The minimum absolute atomic E-state index is 0.163. The molecular formula is C22H32O6. The Kier molecular flexibility index (Phi) is 4.22. The first-order chi connectivity index (χ1) is 12.9. The molecule has 0 heterocycles. The number of esters is 1. The van der Waals surface area contributed by atoms with Crippen molar-refractivity contribution in [2.75, 3.05) is 0 Å². The van der Waals surface area contributed by atoms with E-state index in [-0.39, 0.29) is 42.3 Å². The van der Waals surface area contributed by atoms with Crippen LogP contribution in [-0.4, -0.2) is 51.5 Å². The van der Waals surface area contributed by atoms with E-state index in [0.717, 1.165) is 0 Å². The molecule has 4 saturated carbocycles. The number of carbonyl (C=O) groups excluding carboxylic acids is 2. The Hall–Kier alpha value is -1.24. The van der Waals surface area contributed by atoms with Crippen molar-refractivity contribution < 1.29 is 29.6 Å². The monoisotopic (exact) mass is 392 g/mol. The van der Waals surface area contributed by atoms with Crippen molar-refractivity contribution in [3.63, 3.8) is 0 Å². The minimum atomic E-state index is -1.28. The third-order valence-electron chi connectivity index (χ3n) is 9.05. The molecule has 4 aliphatic rings. The van der Waals surface area contributed by atoms with Crippen LogP contribution in [0.1, 0.15) is 53.4 Å². The van der Waals surface area contributed by atoms with Crippen LogP contribution < -0.4 is 0 Å². The normalized spacial score (nSPS) is 52.0. The molecule has 4 aliphatic carbocycles. The van der Waals surface area contributed by atoms with E-state index in [1.807, 2.05) is 20.8 Å². The van der Waals surface area contributed by atoms with Gasteiger partial charge in [-0.1, -0.05) is 27.4 Å². The maximum Gasteiger partial charge on any atom is 0.302 e. The number of rotatable bonds is 1. The summed E-state index contributed by atoms with van der Waals surface area (Å²) in [5, 5.41) is 33.7. The van der Waals surface area contributed by atoms with Gasteiger partial charge in [-0.25, -0.2) is 0 Å². The number of hydrogen-bond donors (Lipinski definition) is 3. The molecule has 28 heavy (non-hydrogen) atoms. The highest BCUT2D eigenvalue weighted by Gasteiger charge is 2.76. The number of aliphatic hydroxyl groups is 3. The van der Waals surface area contributed by atoms with Crippen molar-refractivity contribution in [1.29, 1.82) is 0 Å². The van der Waals surface area contributed by atoms with Crippen LogP contribution in [0.2, 0.25) is 0 Å². The molecule has 9 atom stereocenters. The van der Waals surface area contributed by atoms with Gasteiger partial charge in [0, 0.05) is 30.1 Å². The van der Waals surface area contributed by atoms with Gasteiger partial charge < -0.3 is 20.1 Å². The van der Waals surface area contributed by atoms with Gasteiger partial charge in [0.15, 0.2) is 5.78 Å². The van der Waals surface area contributed by atoms with Gasteiger partial charge >= 0.3 is 5.97 Å². The second-order valence-corrected chi connectivity index (χ2v) is 10.3. The van der Waals surface area contributed by atoms with E-state index in [0.29, 0.717) is 18.4 Å². The van der Waals surface area contributed by atoms with E-state index >= 15 is 0 Å². The summed E-state index contributed by atoms with van der Waals surface area (Å²) in [7, 11) is 0. The molecular weight excluding hydrogens is 360 g/mol. The van der Waals surface area contributed by atoms with E-state index in [9.17, 15) is 24.9 Å². The van der Waals surface area contributed by atoms with E-state index in [2.05, 4.69) is 6.58 Å². The molecule has 0 amide bonds. The van der Waals surface area contributed by atoms with E-state index in [1.165, 1.54) is 6.92 Å². The van der Waals surface area contributed by atoms with Crippen molar-refractivity contribution in [3.05, 3.63) is 12.2 Å². The second kappa shape index (κ2) is 5.89. The third-order valence-corrected chi connectivity index (χ3v) is 9.05. The summed E-state index contributed by atoms with van der Waals surface area (Å²) in [4.78, 5) is 24.9. The fraction of sp³-hybridized carbons (Fsp3) is 0.818. The Bertz CT molecular complexity index is 743. The summed E-state index contributed by atoms with van der Waals surface area (Å²) < 4.78 is 5.55. The van der Waals surface area contributed by atoms with E-state index in [4.69, 9.17) is 4.74 Å². The average Bonchev–Trinajstić information content (AvgIpc) is 2.71. The number of aliphatic hydroxyl groups excluding tert-OH is 3. The number of carbonyl (C=O) groups is 2.